The summed E-state index contributed by atoms with van der Waals surface area (Å²) >= 11 is 6.09. The van der Waals surface area contributed by atoms with Gasteiger partial charge in [0.15, 0.2) is 11.3 Å². The first-order valence-electron chi connectivity index (χ1n) is 6.48. The number of para-hydroxylation sites is 1. The summed E-state index contributed by atoms with van der Waals surface area (Å²) in [7, 11) is 0. The van der Waals surface area contributed by atoms with Crippen LogP contribution < -0.4 is 5.32 Å². The Morgan fingerprint density at radius 3 is 2.81 bits per heavy atom. The number of nitrogens with zero attached hydrogens (tertiary/aromatic N) is 1. The summed E-state index contributed by atoms with van der Waals surface area (Å²) in [5.41, 5.74) is 2.31. The second-order valence-corrected chi connectivity index (χ2v) is 5.25. The van der Waals surface area contributed by atoms with Crippen LogP contribution in [-0.2, 0) is 0 Å². The Hall–Kier alpha value is -2.33. The first-order valence-corrected chi connectivity index (χ1v) is 6.85. The fourth-order valence-corrected chi connectivity index (χ4v) is 2.42. The molecule has 1 aromatic carbocycles. The number of halogens is 1. The highest BCUT2D eigenvalue weighted by molar-refractivity contribution is 6.35. The molecule has 1 N–H and O–H groups in total. The number of fused-ring (bicyclic) bond motifs is 1. The molecule has 21 heavy (non-hydrogen) atoms. The average Bonchev–Trinajstić information content (AvgIpc) is 2.78. The summed E-state index contributed by atoms with van der Waals surface area (Å²) in [5, 5.41) is 4.06. The highest BCUT2D eigenvalue weighted by Gasteiger charge is 2.19. The molecule has 0 spiro atoms. The van der Waals surface area contributed by atoms with E-state index in [1.54, 1.807) is 18.3 Å². The van der Waals surface area contributed by atoms with Gasteiger partial charge in [0.25, 0.3) is 5.91 Å². The van der Waals surface area contributed by atoms with Crippen LogP contribution in [0.2, 0.25) is 5.02 Å². The first kappa shape index (κ1) is 13.6. The lowest BCUT2D eigenvalue weighted by Gasteiger charge is -2.03. The molecule has 2 heterocycles. The molecule has 0 radical (unpaired) electrons. The number of hydrogen-bond donors (Lipinski definition) is 1. The van der Waals surface area contributed by atoms with Crippen molar-refractivity contribution in [2.75, 3.05) is 5.32 Å². The van der Waals surface area contributed by atoms with Gasteiger partial charge in [0.1, 0.15) is 5.82 Å². The molecule has 0 unspecified atom stereocenters. The van der Waals surface area contributed by atoms with Crippen molar-refractivity contribution in [3.63, 3.8) is 0 Å². The number of carbonyl (C=O) groups excluding carboxylic acids is 1. The Morgan fingerprint density at radius 1 is 1.29 bits per heavy atom. The van der Waals surface area contributed by atoms with Crippen LogP contribution >= 0.6 is 11.6 Å². The number of hydrogen-bond acceptors (Lipinski definition) is 3. The van der Waals surface area contributed by atoms with E-state index in [-0.39, 0.29) is 11.7 Å². The van der Waals surface area contributed by atoms with Gasteiger partial charge in [0, 0.05) is 17.1 Å². The molecule has 0 saturated heterocycles. The summed E-state index contributed by atoms with van der Waals surface area (Å²) in [5.74, 6) is 0.408. The van der Waals surface area contributed by atoms with E-state index in [0.29, 0.717) is 16.4 Å². The van der Waals surface area contributed by atoms with Gasteiger partial charge in [-0.3, -0.25) is 4.79 Å². The van der Waals surface area contributed by atoms with Crippen molar-refractivity contribution in [1.82, 2.24) is 4.98 Å². The highest BCUT2D eigenvalue weighted by Crippen LogP contribution is 2.30. The maximum absolute atomic E-state index is 12.3. The summed E-state index contributed by atoms with van der Waals surface area (Å²) in [4.78, 5) is 16.4. The van der Waals surface area contributed by atoms with Gasteiger partial charge in [-0.25, -0.2) is 4.98 Å². The van der Waals surface area contributed by atoms with Crippen LogP contribution in [0.4, 0.5) is 5.82 Å². The molecular formula is C16H13ClN2O2. The maximum Gasteiger partial charge on any atom is 0.292 e. The fourth-order valence-electron chi connectivity index (χ4n) is 2.20. The number of aryl methyl sites for hydroxylation is 2. The predicted octanol–water partition coefficient (Wildman–Crippen LogP) is 4.35. The molecular weight excluding hydrogens is 288 g/mol. The Kier molecular flexibility index (Phi) is 3.39. The number of amides is 1. The number of carbonyl (C=O) groups is 1. The average molecular weight is 301 g/mol. The number of rotatable bonds is 2. The van der Waals surface area contributed by atoms with Gasteiger partial charge >= 0.3 is 0 Å². The van der Waals surface area contributed by atoms with Crippen molar-refractivity contribution in [2.24, 2.45) is 0 Å². The van der Waals surface area contributed by atoms with Crippen molar-refractivity contribution in [1.29, 1.82) is 0 Å². The highest BCUT2D eigenvalue weighted by atomic mass is 35.5. The van der Waals surface area contributed by atoms with E-state index in [1.165, 1.54) is 0 Å². The van der Waals surface area contributed by atoms with Gasteiger partial charge < -0.3 is 9.73 Å². The minimum atomic E-state index is -0.335. The Labute approximate surface area is 126 Å². The standard InChI is InChI=1S/C16H13ClN2O2/c1-9-6-7-18-13(8-9)19-16(20)14-10(2)11-4-3-5-12(17)15(11)21-14/h3-8H,1-2H3,(H,18,19,20). The van der Waals surface area contributed by atoms with Gasteiger partial charge in [0.05, 0.1) is 5.02 Å². The van der Waals surface area contributed by atoms with Crippen molar-refractivity contribution < 1.29 is 9.21 Å². The van der Waals surface area contributed by atoms with Crippen molar-refractivity contribution >= 4 is 34.3 Å². The predicted molar refractivity (Wildman–Crippen MR) is 82.9 cm³/mol. The monoisotopic (exact) mass is 300 g/mol. The molecule has 0 aliphatic heterocycles. The van der Waals surface area contributed by atoms with E-state index >= 15 is 0 Å². The first-order chi connectivity index (χ1) is 10.1. The van der Waals surface area contributed by atoms with E-state index in [1.807, 2.05) is 32.0 Å². The van der Waals surface area contributed by atoms with E-state index in [9.17, 15) is 4.79 Å². The molecule has 3 aromatic rings. The molecule has 0 atom stereocenters. The molecule has 0 bridgehead atoms. The summed E-state index contributed by atoms with van der Waals surface area (Å²) in [6, 6.07) is 9.10. The van der Waals surface area contributed by atoms with Gasteiger partial charge in [-0.15, -0.1) is 0 Å². The van der Waals surface area contributed by atoms with Crippen LogP contribution in [0.3, 0.4) is 0 Å². The van der Waals surface area contributed by atoms with E-state index in [0.717, 1.165) is 16.5 Å². The van der Waals surface area contributed by atoms with Crippen LogP contribution in [0.15, 0.2) is 40.9 Å². The number of aromatic nitrogens is 1. The SMILES string of the molecule is Cc1ccnc(NC(=O)c2oc3c(Cl)cccc3c2C)c1. The Morgan fingerprint density at radius 2 is 2.10 bits per heavy atom. The van der Waals surface area contributed by atoms with Crippen LogP contribution in [0, 0.1) is 13.8 Å². The lowest BCUT2D eigenvalue weighted by Crippen LogP contribution is -2.13. The van der Waals surface area contributed by atoms with Gasteiger partial charge in [-0.2, -0.15) is 0 Å². The lowest BCUT2D eigenvalue weighted by molar-refractivity contribution is 0.0997. The molecule has 0 saturated carbocycles. The number of anilines is 1. The van der Waals surface area contributed by atoms with Crippen LogP contribution in [0.5, 0.6) is 0 Å². The van der Waals surface area contributed by atoms with Crippen molar-refractivity contribution in [3.8, 4) is 0 Å². The maximum atomic E-state index is 12.3. The molecule has 3 rings (SSSR count). The third-order valence-corrected chi connectivity index (χ3v) is 3.58. The zero-order valence-corrected chi connectivity index (χ0v) is 12.4. The smallest absolute Gasteiger partial charge is 0.292 e. The molecule has 2 aromatic heterocycles. The number of furan rings is 1. The quantitative estimate of drug-likeness (QED) is 0.765. The van der Waals surface area contributed by atoms with Gasteiger partial charge in [-0.05, 0) is 37.6 Å². The Bertz CT molecular complexity index is 839. The van der Waals surface area contributed by atoms with Crippen LogP contribution in [0.1, 0.15) is 21.7 Å². The van der Waals surface area contributed by atoms with Crippen molar-refractivity contribution in [3.05, 3.63) is 58.4 Å². The van der Waals surface area contributed by atoms with Crippen molar-refractivity contribution in [2.45, 2.75) is 13.8 Å². The molecule has 106 valence electrons. The topological polar surface area (TPSA) is 55.1 Å². The fraction of sp³-hybridized carbons (Fsp3) is 0.125. The summed E-state index contributed by atoms with van der Waals surface area (Å²) < 4.78 is 5.62. The van der Waals surface area contributed by atoms with Crippen LogP contribution in [-0.4, -0.2) is 10.9 Å². The third kappa shape index (κ3) is 2.50. The molecule has 0 aliphatic carbocycles. The summed E-state index contributed by atoms with van der Waals surface area (Å²) in [6.07, 6.45) is 1.65. The normalized spacial score (nSPS) is 10.8. The second-order valence-electron chi connectivity index (χ2n) is 4.85. The molecule has 4 nitrogen and oxygen atoms in total. The zero-order valence-electron chi connectivity index (χ0n) is 11.6. The van der Waals surface area contributed by atoms with Gasteiger partial charge in [-0.1, -0.05) is 23.7 Å². The summed E-state index contributed by atoms with van der Waals surface area (Å²) in [6.45, 7) is 3.77. The Balaban J connectivity index is 1.98. The largest absolute Gasteiger partial charge is 0.449 e. The van der Waals surface area contributed by atoms with E-state index in [2.05, 4.69) is 10.3 Å². The lowest BCUT2D eigenvalue weighted by atomic mass is 10.1. The second kappa shape index (κ2) is 5.22. The number of pyridine rings is 1. The molecule has 5 heteroatoms. The van der Waals surface area contributed by atoms with E-state index < -0.39 is 0 Å². The van der Waals surface area contributed by atoms with E-state index in [4.69, 9.17) is 16.0 Å². The zero-order chi connectivity index (χ0) is 15.0. The molecule has 0 aliphatic rings. The third-order valence-electron chi connectivity index (χ3n) is 3.28. The number of benzene rings is 1. The minimum Gasteiger partial charge on any atom is -0.449 e. The molecule has 1 amide bonds. The minimum absolute atomic E-state index is 0.251. The number of nitrogens with one attached hydrogen (secondary N) is 1. The van der Waals surface area contributed by atoms with Gasteiger partial charge in [0.2, 0.25) is 0 Å². The van der Waals surface area contributed by atoms with Crippen LogP contribution in [0.25, 0.3) is 11.0 Å². The molecule has 0 fully saturated rings.